The van der Waals surface area contributed by atoms with Gasteiger partial charge in [-0.25, -0.2) is 0 Å². The molecule has 2 aliphatic heterocycles. The molecule has 2 unspecified atom stereocenters. The number of hydrogen-bond acceptors (Lipinski definition) is 7. The molecule has 0 spiro atoms. The molecule has 2 saturated heterocycles. The number of thiophene rings is 1. The van der Waals surface area contributed by atoms with Crippen LogP contribution in [0.2, 0.25) is 0 Å². The summed E-state index contributed by atoms with van der Waals surface area (Å²) in [6, 6.07) is 11.5. The zero-order valence-corrected chi connectivity index (χ0v) is 14.2. The van der Waals surface area contributed by atoms with Crippen LogP contribution >= 0.6 is 11.3 Å². The number of aliphatic hydroxyl groups excluding tert-OH is 2. The van der Waals surface area contributed by atoms with Crippen LogP contribution in [0.3, 0.4) is 0 Å². The Bertz CT molecular complexity index is 663. The molecule has 3 heterocycles. The van der Waals surface area contributed by atoms with E-state index in [1.165, 1.54) is 0 Å². The highest BCUT2D eigenvalue weighted by Gasteiger charge is 2.48. The van der Waals surface area contributed by atoms with Gasteiger partial charge < -0.3 is 29.2 Å². The lowest BCUT2D eigenvalue weighted by molar-refractivity contribution is -0.373. The molecular weight excluding hydrogens is 344 g/mol. The third-order valence-electron chi connectivity index (χ3n) is 4.42. The van der Waals surface area contributed by atoms with Crippen LogP contribution in [0.5, 0.6) is 0 Å². The molecule has 2 aliphatic rings. The van der Waals surface area contributed by atoms with E-state index in [2.05, 4.69) is 0 Å². The van der Waals surface area contributed by atoms with Crippen molar-refractivity contribution >= 4 is 11.3 Å². The van der Waals surface area contributed by atoms with Gasteiger partial charge in [0.2, 0.25) is 0 Å². The van der Waals surface area contributed by atoms with E-state index in [1.54, 1.807) is 11.3 Å². The molecule has 2 fully saturated rings. The Morgan fingerprint density at radius 3 is 2.60 bits per heavy atom. The topological polar surface area (TPSA) is 77.4 Å². The van der Waals surface area contributed by atoms with Gasteiger partial charge in [-0.05, 0) is 16.8 Å². The van der Waals surface area contributed by atoms with Gasteiger partial charge in [0.15, 0.2) is 12.6 Å². The molecule has 2 aromatic rings. The van der Waals surface area contributed by atoms with Gasteiger partial charge in [-0.3, -0.25) is 0 Å². The number of benzene rings is 1. The van der Waals surface area contributed by atoms with Gasteiger partial charge in [-0.1, -0.05) is 30.3 Å². The highest BCUT2D eigenvalue weighted by molar-refractivity contribution is 7.07. The second kappa shape index (κ2) is 7.51. The average molecular weight is 364 g/mol. The Hall–Kier alpha value is -1.32. The maximum atomic E-state index is 10.2. The Morgan fingerprint density at radius 2 is 1.88 bits per heavy atom. The van der Waals surface area contributed by atoms with Crippen molar-refractivity contribution in [2.75, 3.05) is 13.2 Å². The summed E-state index contributed by atoms with van der Waals surface area (Å²) >= 11 is 1.54. The maximum absolute atomic E-state index is 10.2. The van der Waals surface area contributed by atoms with Crippen molar-refractivity contribution in [3.63, 3.8) is 0 Å². The zero-order chi connectivity index (χ0) is 17.2. The van der Waals surface area contributed by atoms with Gasteiger partial charge in [0.05, 0.1) is 13.2 Å². The molecule has 2 N–H and O–H groups in total. The zero-order valence-electron chi connectivity index (χ0n) is 13.4. The van der Waals surface area contributed by atoms with E-state index < -0.39 is 37.5 Å². The molecule has 7 heteroatoms. The molecule has 1 aromatic heterocycles. The fourth-order valence-corrected chi connectivity index (χ4v) is 3.79. The van der Waals surface area contributed by atoms with Gasteiger partial charge >= 0.3 is 0 Å². The molecule has 0 amide bonds. The normalized spacial score (nSPS) is 33.6. The van der Waals surface area contributed by atoms with E-state index in [0.29, 0.717) is 6.61 Å². The summed E-state index contributed by atoms with van der Waals surface area (Å²) in [6.45, 7) is -0.0899. The average Bonchev–Trinajstić information content (AvgIpc) is 3.21. The number of hydrogen-bond donors (Lipinski definition) is 2. The Kier molecular flexibility index (Phi) is 5.14. The second-order valence-corrected chi connectivity index (χ2v) is 6.87. The van der Waals surface area contributed by atoms with Crippen molar-refractivity contribution in [3.05, 3.63) is 58.3 Å². The van der Waals surface area contributed by atoms with Crippen molar-refractivity contribution in [1.82, 2.24) is 0 Å². The lowest BCUT2D eigenvalue weighted by Crippen LogP contribution is -2.58. The second-order valence-electron chi connectivity index (χ2n) is 6.09. The summed E-state index contributed by atoms with van der Waals surface area (Å²) < 4.78 is 23.8. The van der Waals surface area contributed by atoms with Crippen LogP contribution in [0.4, 0.5) is 0 Å². The highest BCUT2D eigenvalue weighted by Crippen LogP contribution is 2.39. The summed E-state index contributed by atoms with van der Waals surface area (Å²) in [5, 5.41) is 23.5. The summed E-state index contributed by atoms with van der Waals surface area (Å²) in [6.07, 6.45) is -3.85. The van der Waals surface area contributed by atoms with E-state index in [0.717, 1.165) is 11.1 Å². The summed E-state index contributed by atoms with van der Waals surface area (Å²) in [4.78, 5) is 0. The standard InChI is InChI=1S/C18H20O6S/c19-8-13(20)15-16-14(22-18(23-15)12-6-7-25-10-12)9-21-17(24-16)11-4-2-1-3-5-11/h1-7,10,13-20H,8-9H2/t13-,14+,15-,16-,17?,18?/m1/s1. The molecule has 0 saturated carbocycles. The third-order valence-corrected chi connectivity index (χ3v) is 5.12. The summed E-state index contributed by atoms with van der Waals surface area (Å²) in [5.74, 6) is 0. The van der Waals surface area contributed by atoms with Crippen LogP contribution in [0.15, 0.2) is 47.2 Å². The molecule has 6 nitrogen and oxygen atoms in total. The molecule has 6 atom stereocenters. The molecule has 134 valence electrons. The van der Waals surface area contributed by atoms with Crippen LogP contribution in [0, 0.1) is 0 Å². The monoisotopic (exact) mass is 364 g/mol. The first-order valence-corrected chi connectivity index (χ1v) is 9.14. The van der Waals surface area contributed by atoms with Crippen molar-refractivity contribution in [3.8, 4) is 0 Å². The van der Waals surface area contributed by atoms with Crippen LogP contribution in [0.1, 0.15) is 23.7 Å². The minimum atomic E-state index is -1.06. The van der Waals surface area contributed by atoms with Crippen molar-refractivity contribution < 1.29 is 29.2 Å². The van der Waals surface area contributed by atoms with Crippen molar-refractivity contribution in [2.24, 2.45) is 0 Å². The lowest BCUT2D eigenvalue weighted by atomic mass is 10.00. The third kappa shape index (κ3) is 3.50. The molecule has 1 aromatic carbocycles. The van der Waals surface area contributed by atoms with E-state index in [1.807, 2.05) is 47.2 Å². The number of aliphatic hydroxyl groups is 2. The lowest BCUT2D eigenvalue weighted by Gasteiger charge is -2.46. The largest absolute Gasteiger partial charge is 0.394 e. The summed E-state index contributed by atoms with van der Waals surface area (Å²) in [7, 11) is 0. The van der Waals surface area contributed by atoms with Gasteiger partial charge in [-0.15, -0.1) is 0 Å². The Morgan fingerprint density at radius 1 is 1.04 bits per heavy atom. The first kappa shape index (κ1) is 17.1. The van der Waals surface area contributed by atoms with E-state index >= 15 is 0 Å². The van der Waals surface area contributed by atoms with Crippen molar-refractivity contribution in [2.45, 2.75) is 37.0 Å². The van der Waals surface area contributed by atoms with Gasteiger partial charge in [-0.2, -0.15) is 11.3 Å². The Balaban J connectivity index is 1.55. The SMILES string of the molecule is OC[C@@H](O)[C@H]1OC(c2ccsc2)O[C@H]2COC(c3ccccc3)O[C@@H]12. The molecule has 25 heavy (non-hydrogen) atoms. The molecule has 0 bridgehead atoms. The molecule has 0 aliphatic carbocycles. The number of rotatable bonds is 4. The predicted octanol–water partition coefficient (Wildman–Crippen LogP) is 2.00. The van der Waals surface area contributed by atoms with Crippen molar-refractivity contribution in [1.29, 1.82) is 0 Å². The minimum Gasteiger partial charge on any atom is -0.394 e. The summed E-state index contributed by atoms with van der Waals surface area (Å²) in [5.41, 5.74) is 1.77. The van der Waals surface area contributed by atoms with Crippen LogP contribution in [-0.4, -0.2) is 47.8 Å². The number of ether oxygens (including phenoxy) is 4. The minimum absolute atomic E-state index is 0.322. The van der Waals surface area contributed by atoms with E-state index in [4.69, 9.17) is 18.9 Å². The quantitative estimate of drug-likeness (QED) is 0.864. The van der Waals surface area contributed by atoms with Crippen LogP contribution < -0.4 is 0 Å². The molecule has 4 rings (SSSR count). The maximum Gasteiger partial charge on any atom is 0.185 e. The number of fused-ring (bicyclic) bond motifs is 1. The van der Waals surface area contributed by atoms with E-state index in [-0.39, 0.29) is 6.10 Å². The van der Waals surface area contributed by atoms with Crippen LogP contribution in [0.25, 0.3) is 0 Å². The highest BCUT2D eigenvalue weighted by atomic mass is 32.1. The van der Waals surface area contributed by atoms with Gasteiger partial charge in [0.1, 0.15) is 24.4 Å². The molecular formula is C18H20O6S. The first-order chi connectivity index (χ1) is 12.3. The van der Waals surface area contributed by atoms with Crippen LogP contribution in [-0.2, 0) is 18.9 Å². The predicted molar refractivity (Wildman–Crippen MR) is 89.9 cm³/mol. The fourth-order valence-electron chi connectivity index (χ4n) is 3.13. The van der Waals surface area contributed by atoms with Gasteiger partial charge in [0.25, 0.3) is 0 Å². The van der Waals surface area contributed by atoms with E-state index in [9.17, 15) is 10.2 Å². The molecule has 0 radical (unpaired) electrons. The van der Waals surface area contributed by atoms with Gasteiger partial charge in [0, 0.05) is 11.1 Å². The fraction of sp³-hybridized carbons (Fsp3) is 0.444. The smallest absolute Gasteiger partial charge is 0.185 e. The Labute approximate surface area is 149 Å². The first-order valence-electron chi connectivity index (χ1n) is 8.20.